The Bertz CT molecular complexity index is 542. The van der Waals surface area contributed by atoms with Crippen molar-refractivity contribution in [3.63, 3.8) is 0 Å². The van der Waals surface area contributed by atoms with Gasteiger partial charge in [0.1, 0.15) is 18.1 Å². The SMILES string of the molecule is CC(=NCc1ccco1)Oc1ccc(C)c(C)c1. The van der Waals surface area contributed by atoms with Crippen LogP contribution >= 0.6 is 0 Å². The van der Waals surface area contributed by atoms with Gasteiger partial charge < -0.3 is 9.15 Å². The highest BCUT2D eigenvalue weighted by Gasteiger charge is 2.00. The molecule has 1 aromatic heterocycles. The molecular weight excluding hydrogens is 226 g/mol. The fraction of sp³-hybridized carbons (Fsp3) is 0.267. The number of hydrogen-bond acceptors (Lipinski definition) is 3. The first-order valence-corrected chi connectivity index (χ1v) is 5.93. The van der Waals surface area contributed by atoms with Gasteiger partial charge in [0.05, 0.1) is 6.26 Å². The summed E-state index contributed by atoms with van der Waals surface area (Å²) in [5.74, 6) is 2.28. The monoisotopic (exact) mass is 243 g/mol. The van der Waals surface area contributed by atoms with Crippen molar-refractivity contribution in [1.82, 2.24) is 0 Å². The topological polar surface area (TPSA) is 34.7 Å². The minimum atomic E-state index is 0.504. The van der Waals surface area contributed by atoms with Crippen molar-refractivity contribution in [2.24, 2.45) is 4.99 Å². The van der Waals surface area contributed by atoms with Crippen LogP contribution in [0.15, 0.2) is 46.0 Å². The lowest BCUT2D eigenvalue weighted by Crippen LogP contribution is -2.04. The predicted molar refractivity (Wildman–Crippen MR) is 72.1 cm³/mol. The summed E-state index contributed by atoms with van der Waals surface area (Å²) in [4.78, 5) is 4.31. The zero-order chi connectivity index (χ0) is 13.0. The van der Waals surface area contributed by atoms with Crippen molar-refractivity contribution in [3.05, 3.63) is 53.5 Å². The molecule has 0 aliphatic heterocycles. The average Bonchev–Trinajstić information content (AvgIpc) is 2.84. The summed E-state index contributed by atoms with van der Waals surface area (Å²) in [5, 5.41) is 0. The molecule has 18 heavy (non-hydrogen) atoms. The Hall–Kier alpha value is -2.03. The Morgan fingerprint density at radius 2 is 2.06 bits per heavy atom. The second-order valence-corrected chi connectivity index (χ2v) is 4.26. The molecule has 0 unspecified atom stereocenters. The second-order valence-electron chi connectivity index (χ2n) is 4.26. The number of aryl methyl sites for hydroxylation is 2. The lowest BCUT2D eigenvalue weighted by molar-refractivity contribution is 0.502. The summed E-state index contributed by atoms with van der Waals surface area (Å²) in [7, 11) is 0. The molecule has 3 nitrogen and oxygen atoms in total. The van der Waals surface area contributed by atoms with Gasteiger partial charge in [0.15, 0.2) is 5.90 Å². The molecule has 94 valence electrons. The largest absolute Gasteiger partial charge is 0.467 e. The van der Waals surface area contributed by atoms with Crippen LogP contribution in [0.3, 0.4) is 0 Å². The number of hydrogen-bond donors (Lipinski definition) is 0. The van der Waals surface area contributed by atoms with E-state index in [9.17, 15) is 0 Å². The fourth-order valence-corrected chi connectivity index (χ4v) is 1.57. The molecular formula is C15H17NO2. The van der Waals surface area contributed by atoms with E-state index in [1.807, 2.05) is 37.3 Å². The molecule has 1 heterocycles. The normalized spacial score (nSPS) is 11.6. The molecule has 3 heteroatoms. The van der Waals surface area contributed by atoms with E-state index in [-0.39, 0.29) is 0 Å². The van der Waals surface area contributed by atoms with Gasteiger partial charge in [0.25, 0.3) is 0 Å². The number of aliphatic imine (C=N–C) groups is 1. The van der Waals surface area contributed by atoms with Crippen LogP contribution in [0.25, 0.3) is 0 Å². The number of furan rings is 1. The quantitative estimate of drug-likeness (QED) is 0.605. The van der Waals surface area contributed by atoms with Crippen LogP contribution in [0, 0.1) is 13.8 Å². The third-order valence-corrected chi connectivity index (χ3v) is 2.78. The summed E-state index contributed by atoms with van der Waals surface area (Å²) in [6, 6.07) is 9.76. The molecule has 0 spiro atoms. The van der Waals surface area contributed by atoms with Crippen molar-refractivity contribution in [3.8, 4) is 5.75 Å². The predicted octanol–water partition coefficient (Wildman–Crippen LogP) is 3.89. The Balaban J connectivity index is 1.99. The van der Waals surface area contributed by atoms with Gasteiger partial charge in [-0.3, -0.25) is 0 Å². The Kier molecular flexibility index (Phi) is 3.82. The zero-order valence-corrected chi connectivity index (χ0v) is 10.9. The van der Waals surface area contributed by atoms with Gasteiger partial charge in [-0.2, -0.15) is 0 Å². The number of rotatable bonds is 3. The highest BCUT2D eigenvalue weighted by atomic mass is 16.5. The summed E-state index contributed by atoms with van der Waals surface area (Å²) in [6.45, 7) is 6.50. The lowest BCUT2D eigenvalue weighted by Gasteiger charge is -2.07. The average molecular weight is 243 g/mol. The van der Waals surface area contributed by atoms with Gasteiger partial charge in [-0.05, 0) is 49.2 Å². The highest BCUT2D eigenvalue weighted by molar-refractivity contribution is 5.75. The van der Waals surface area contributed by atoms with Crippen LogP contribution < -0.4 is 4.74 Å². The van der Waals surface area contributed by atoms with E-state index < -0.39 is 0 Å². The molecule has 0 aliphatic rings. The molecule has 1 aromatic carbocycles. The molecule has 0 saturated carbocycles. The van der Waals surface area contributed by atoms with Crippen molar-refractivity contribution < 1.29 is 9.15 Å². The molecule has 0 fully saturated rings. The summed E-state index contributed by atoms with van der Waals surface area (Å²) in [5.41, 5.74) is 2.47. The highest BCUT2D eigenvalue weighted by Crippen LogP contribution is 2.16. The zero-order valence-electron chi connectivity index (χ0n) is 10.9. The molecule has 0 saturated heterocycles. The van der Waals surface area contributed by atoms with Crippen molar-refractivity contribution in [1.29, 1.82) is 0 Å². The number of nitrogens with zero attached hydrogens (tertiary/aromatic N) is 1. The van der Waals surface area contributed by atoms with E-state index in [0.717, 1.165) is 11.5 Å². The molecule has 0 radical (unpaired) electrons. The van der Waals surface area contributed by atoms with Gasteiger partial charge in [-0.15, -0.1) is 0 Å². The first kappa shape index (κ1) is 12.4. The van der Waals surface area contributed by atoms with Gasteiger partial charge >= 0.3 is 0 Å². The van der Waals surface area contributed by atoms with Crippen LogP contribution in [0.4, 0.5) is 0 Å². The van der Waals surface area contributed by atoms with Crippen molar-refractivity contribution in [2.75, 3.05) is 0 Å². The Morgan fingerprint density at radius 1 is 1.22 bits per heavy atom. The van der Waals surface area contributed by atoms with Crippen LogP contribution in [0.1, 0.15) is 23.8 Å². The Labute approximate surface area is 107 Å². The molecule has 0 bridgehead atoms. The Morgan fingerprint density at radius 3 is 2.72 bits per heavy atom. The molecule has 0 amide bonds. The van der Waals surface area contributed by atoms with E-state index in [0.29, 0.717) is 12.4 Å². The minimum absolute atomic E-state index is 0.504. The maximum absolute atomic E-state index is 5.66. The molecule has 0 atom stereocenters. The van der Waals surface area contributed by atoms with Gasteiger partial charge in [-0.1, -0.05) is 6.07 Å². The lowest BCUT2D eigenvalue weighted by atomic mass is 10.1. The van der Waals surface area contributed by atoms with Gasteiger partial charge in [-0.25, -0.2) is 4.99 Å². The van der Waals surface area contributed by atoms with E-state index in [4.69, 9.17) is 9.15 Å². The number of benzene rings is 1. The molecule has 0 N–H and O–H groups in total. The first-order chi connectivity index (χ1) is 8.65. The third-order valence-electron chi connectivity index (χ3n) is 2.78. The minimum Gasteiger partial charge on any atom is -0.467 e. The van der Waals surface area contributed by atoms with Crippen LogP contribution in [0.2, 0.25) is 0 Å². The molecule has 2 rings (SSSR count). The first-order valence-electron chi connectivity index (χ1n) is 5.93. The maximum atomic E-state index is 5.66. The smallest absolute Gasteiger partial charge is 0.187 e. The summed E-state index contributed by atoms with van der Waals surface area (Å²) >= 11 is 0. The van der Waals surface area contributed by atoms with Gasteiger partial charge in [0, 0.05) is 6.92 Å². The second kappa shape index (κ2) is 5.54. The van der Waals surface area contributed by atoms with E-state index in [1.54, 1.807) is 6.26 Å². The van der Waals surface area contributed by atoms with Crippen LogP contribution in [-0.4, -0.2) is 5.90 Å². The number of ether oxygens (including phenoxy) is 1. The summed E-state index contributed by atoms with van der Waals surface area (Å²) in [6.07, 6.45) is 1.64. The van der Waals surface area contributed by atoms with Crippen molar-refractivity contribution in [2.45, 2.75) is 27.3 Å². The van der Waals surface area contributed by atoms with Crippen LogP contribution in [0.5, 0.6) is 5.75 Å². The third kappa shape index (κ3) is 3.23. The van der Waals surface area contributed by atoms with E-state index >= 15 is 0 Å². The molecule has 0 aliphatic carbocycles. The van der Waals surface area contributed by atoms with E-state index in [2.05, 4.69) is 18.8 Å². The van der Waals surface area contributed by atoms with Crippen LogP contribution in [-0.2, 0) is 6.54 Å². The standard InChI is InChI=1S/C15H17NO2/c1-11-6-7-14(9-12(11)2)18-13(3)16-10-15-5-4-8-17-15/h4-9H,10H2,1-3H3. The van der Waals surface area contributed by atoms with E-state index in [1.165, 1.54) is 11.1 Å². The summed E-state index contributed by atoms with van der Waals surface area (Å²) < 4.78 is 10.9. The molecule has 2 aromatic rings. The van der Waals surface area contributed by atoms with Gasteiger partial charge in [0.2, 0.25) is 0 Å². The fourth-order valence-electron chi connectivity index (χ4n) is 1.57. The maximum Gasteiger partial charge on any atom is 0.187 e. The van der Waals surface area contributed by atoms with Crippen molar-refractivity contribution >= 4 is 5.90 Å².